The minimum absolute atomic E-state index is 0.132. The molecule has 0 aliphatic heterocycles. The monoisotopic (exact) mass is 368 g/mol. The van der Waals surface area contributed by atoms with E-state index in [0.717, 1.165) is 0 Å². The Hall–Kier alpha value is -1.73. The first-order valence-electron chi connectivity index (χ1n) is 6.46. The predicted octanol–water partition coefficient (Wildman–Crippen LogP) is 3.20. The first-order chi connectivity index (χ1) is 10.8. The van der Waals surface area contributed by atoms with Gasteiger partial charge in [-0.25, -0.2) is 8.78 Å². The molecule has 1 aromatic rings. The van der Waals surface area contributed by atoms with E-state index in [1.165, 1.54) is 13.8 Å². The highest BCUT2D eigenvalue weighted by Crippen LogP contribution is 2.31. The van der Waals surface area contributed by atoms with Crippen LogP contribution < -0.4 is 0 Å². The van der Waals surface area contributed by atoms with E-state index in [-0.39, 0.29) is 13.2 Å². The highest BCUT2D eigenvalue weighted by molar-refractivity contribution is 6.38. The summed E-state index contributed by atoms with van der Waals surface area (Å²) in [6, 6.07) is 0.517. The molecule has 0 fully saturated rings. The van der Waals surface area contributed by atoms with Gasteiger partial charge in [0.1, 0.15) is 5.82 Å². The van der Waals surface area contributed by atoms with Crippen molar-refractivity contribution in [2.75, 3.05) is 13.2 Å². The maximum atomic E-state index is 13.9. The van der Waals surface area contributed by atoms with Gasteiger partial charge in [0.05, 0.1) is 28.8 Å². The molecule has 5 nitrogen and oxygen atoms in total. The van der Waals surface area contributed by atoms with E-state index in [1.807, 2.05) is 0 Å². The SMILES string of the molecule is CCOC(=O)C(C(=O)OCC)C(=O)c1c(F)cc(Cl)c(F)c1Cl. The molecule has 0 heterocycles. The summed E-state index contributed by atoms with van der Waals surface area (Å²) in [5.74, 6) is -8.50. The number of hydrogen-bond acceptors (Lipinski definition) is 5. The average Bonchev–Trinajstić information content (AvgIpc) is 2.45. The van der Waals surface area contributed by atoms with E-state index >= 15 is 0 Å². The van der Waals surface area contributed by atoms with Crippen LogP contribution in [-0.4, -0.2) is 30.9 Å². The molecule has 0 aromatic heterocycles. The number of hydrogen-bond donors (Lipinski definition) is 0. The number of Topliss-reactive ketones (excluding diaryl/α,β-unsaturated/α-hetero) is 1. The van der Waals surface area contributed by atoms with Crippen LogP contribution in [0.15, 0.2) is 6.07 Å². The summed E-state index contributed by atoms with van der Waals surface area (Å²) in [6.45, 7) is 2.63. The predicted molar refractivity (Wildman–Crippen MR) is 77.5 cm³/mol. The summed E-state index contributed by atoms with van der Waals surface area (Å²) < 4.78 is 36.8. The van der Waals surface area contributed by atoms with Crippen molar-refractivity contribution in [3.05, 3.63) is 33.3 Å². The summed E-state index contributed by atoms with van der Waals surface area (Å²) in [5, 5.41) is -1.58. The Morgan fingerprint density at radius 2 is 1.57 bits per heavy atom. The second-order valence-corrected chi connectivity index (χ2v) is 4.93. The molecule has 0 saturated heterocycles. The summed E-state index contributed by atoms with van der Waals surface area (Å²) >= 11 is 11.0. The summed E-state index contributed by atoms with van der Waals surface area (Å²) in [4.78, 5) is 36.0. The summed E-state index contributed by atoms with van der Waals surface area (Å²) in [7, 11) is 0. The van der Waals surface area contributed by atoms with Crippen LogP contribution in [0.1, 0.15) is 24.2 Å². The maximum absolute atomic E-state index is 13.9. The topological polar surface area (TPSA) is 69.7 Å². The number of benzene rings is 1. The molecule has 0 atom stereocenters. The lowest BCUT2D eigenvalue weighted by Gasteiger charge is -2.15. The Morgan fingerprint density at radius 3 is 2.00 bits per heavy atom. The van der Waals surface area contributed by atoms with Gasteiger partial charge in [0.25, 0.3) is 0 Å². The molecule has 9 heteroatoms. The molecule has 0 unspecified atom stereocenters. The standard InChI is InChI=1S/C14H12Cl2F2O5/c1-3-22-13(20)9(14(21)23-4-2)12(19)8-7(17)5-6(15)11(18)10(8)16/h5,9H,3-4H2,1-2H3. The van der Waals surface area contributed by atoms with Crippen LogP contribution in [0.2, 0.25) is 10.0 Å². The first-order valence-corrected chi connectivity index (χ1v) is 7.22. The van der Waals surface area contributed by atoms with Crippen LogP contribution in [0.4, 0.5) is 8.78 Å². The Labute approximate surface area is 140 Å². The van der Waals surface area contributed by atoms with E-state index in [9.17, 15) is 23.2 Å². The van der Waals surface area contributed by atoms with Gasteiger partial charge in [0.15, 0.2) is 11.6 Å². The molecule has 0 aliphatic carbocycles. The number of ketones is 1. The van der Waals surface area contributed by atoms with E-state index in [4.69, 9.17) is 23.2 Å². The normalized spacial score (nSPS) is 10.6. The lowest BCUT2D eigenvalue weighted by molar-refractivity contribution is -0.158. The summed E-state index contributed by atoms with van der Waals surface area (Å²) in [6.07, 6.45) is 0. The average molecular weight is 369 g/mol. The van der Waals surface area contributed by atoms with E-state index in [0.29, 0.717) is 6.07 Å². The van der Waals surface area contributed by atoms with Gasteiger partial charge < -0.3 is 9.47 Å². The van der Waals surface area contributed by atoms with Crippen LogP contribution >= 0.6 is 23.2 Å². The molecule has 1 rings (SSSR count). The van der Waals surface area contributed by atoms with Gasteiger partial charge in [0, 0.05) is 0 Å². The van der Waals surface area contributed by atoms with Gasteiger partial charge in [-0.1, -0.05) is 23.2 Å². The number of rotatable bonds is 6. The molecule has 23 heavy (non-hydrogen) atoms. The van der Waals surface area contributed by atoms with E-state index in [1.54, 1.807) is 0 Å². The quantitative estimate of drug-likeness (QED) is 0.253. The highest BCUT2D eigenvalue weighted by Gasteiger charge is 2.40. The molecule has 0 saturated carbocycles. The molecule has 0 bridgehead atoms. The fourth-order valence-corrected chi connectivity index (χ4v) is 2.22. The van der Waals surface area contributed by atoms with E-state index < -0.39 is 50.9 Å². The van der Waals surface area contributed by atoms with Gasteiger partial charge in [-0.15, -0.1) is 0 Å². The second-order valence-electron chi connectivity index (χ2n) is 4.14. The Kier molecular flexibility index (Phi) is 6.90. The van der Waals surface area contributed by atoms with Crippen LogP contribution in [0.25, 0.3) is 0 Å². The number of carbonyl (C=O) groups excluding carboxylic acids is 3. The van der Waals surface area contributed by atoms with Crippen molar-refractivity contribution >= 4 is 40.9 Å². The Bertz CT molecular complexity index is 631. The summed E-state index contributed by atoms with van der Waals surface area (Å²) in [5.41, 5.74) is -0.973. The van der Waals surface area contributed by atoms with Crippen molar-refractivity contribution in [1.29, 1.82) is 0 Å². The lowest BCUT2D eigenvalue weighted by atomic mass is 9.97. The molecule has 0 radical (unpaired) electrons. The van der Waals surface area contributed by atoms with E-state index in [2.05, 4.69) is 9.47 Å². The first kappa shape index (κ1) is 19.3. The van der Waals surface area contributed by atoms with Crippen LogP contribution in [0.5, 0.6) is 0 Å². The zero-order valence-corrected chi connectivity index (χ0v) is 13.6. The largest absolute Gasteiger partial charge is 0.465 e. The third-order valence-electron chi connectivity index (χ3n) is 2.67. The van der Waals surface area contributed by atoms with Crippen molar-refractivity contribution in [3.8, 4) is 0 Å². The van der Waals surface area contributed by atoms with Crippen LogP contribution in [-0.2, 0) is 19.1 Å². The van der Waals surface area contributed by atoms with Crippen molar-refractivity contribution in [2.24, 2.45) is 5.92 Å². The minimum Gasteiger partial charge on any atom is -0.465 e. The van der Waals surface area contributed by atoms with Gasteiger partial charge in [0.2, 0.25) is 5.92 Å². The number of ether oxygens (including phenoxy) is 2. The van der Waals surface area contributed by atoms with Crippen LogP contribution in [0, 0.1) is 17.6 Å². The van der Waals surface area contributed by atoms with Gasteiger partial charge >= 0.3 is 11.9 Å². The number of halogens is 4. The molecular weight excluding hydrogens is 357 g/mol. The molecule has 0 amide bonds. The molecule has 0 aliphatic rings. The Balaban J connectivity index is 3.38. The Morgan fingerprint density at radius 1 is 1.09 bits per heavy atom. The van der Waals surface area contributed by atoms with Crippen LogP contribution in [0.3, 0.4) is 0 Å². The fourth-order valence-electron chi connectivity index (χ4n) is 1.70. The van der Waals surface area contributed by atoms with Crippen molar-refractivity contribution < 1.29 is 32.6 Å². The van der Waals surface area contributed by atoms with Crippen molar-refractivity contribution in [1.82, 2.24) is 0 Å². The lowest BCUT2D eigenvalue weighted by Crippen LogP contribution is -2.35. The molecule has 1 aromatic carbocycles. The zero-order chi connectivity index (χ0) is 17.7. The van der Waals surface area contributed by atoms with Crippen molar-refractivity contribution in [3.63, 3.8) is 0 Å². The molecule has 126 valence electrons. The third-order valence-corrected chi connectivity index (χ3v) is 3.30. The molecule has 0 N–H and O–H groups in total. The minimum atomic E-state index is -2.11. The zero-order valence-electron chi connectivity index (χ0n) is 12.1. The maximum Gasteiger partial charge on any atom is 0.328 e. The highest BCUT2D eigenvalue weighted by atomic mass is 35.5. The van der Waals surface area contributed by atoms with Gasteiger partial charge in [-0.2, -0.15) is 0 Å². The smallest absolute Gasteiger partial charge is 0.328 e. The molecule has 0 spiro atoms. The van der Waals surface area contributed by atoms with Gasteiger partial charge in [-0.05, 0) is 19.9 Å². The number of carbonyl (C=O) groups is 3. The second kappa shape index (κ2) is 8.21. The van der Waals surface area contributed by atoms with Gasteiger partial charge in [-0.3, -0.25) is 14.4 Å². The molecular formula is C14H12Cl2F2O5. The fraction of sp³-hybridized carbons (Fsp3) is 0.357. The third kappa shape index (κ3) is 4.17. The van der Waals surface area contributed by atoms with Crippen molar-refractivity contribution in [2.45, 2.75) is 13.8 Å². The number of esters is 2.